The molecule has 1 aromatic heterocycles. The Labute approximate surface area is 152 Å². The normalized spacial score (nSPS) is 13.4. The van der Waals surface area contributed by atoms with Crippen LogP contribution in [0.1, 0.15) is 38.3 Å². The highest BCUT2D eigenvalue weighted by molar-refractivity contribution is 7.17. The van der Waals surface area contributed by atoms with Gasteiger partial charge in [0.1, 0.15) is 5.00 Å². The Kier molecular flexibility index (Phi) is 4.71. The molecule has 0 unspecified atom stereocenters. The number of urea groups is 1. The van der Waals surface area contributed by atoms with Gasteiger partial charge in [-0.1, -0.05) is 23.2 Å². The fraction of sp³-hybridized carbons (Fsp3) is 0.250. The van der Waals surface area contributed by atoms with Crippen LogP contribution in [-0.2, 0) is 19.3 Å². The molecule has 0 atom stereocenters. The van der Waals surface area contributed by atoms with E-state index in [1.165, 1.54) is 11.3 Å². The van der Waals surface area contributed by atoms with Gasteiger partial charge in [-0.25, -0.2) is 4.79 Å². The van der Waals surface area contributed by atoms with Crippen molar-refractivity contribution in [2.24, 2.45) is 11.5 Å². The van der Waals surface area contributed by atoms with Crippen LogP contribution < -0.4 is 16.8 Å². The second-order valence-electron chi connectivity index (χ2n) is 5.63. The van der Waals surface area contributed by atoms with Crippen molar-refractivity contribution in [1.82, 2.24) is 0 Å². The summed E-state index contributed by atoms with van der Waals surface area (Å²) in [5.74, 6) is -0.564. The first-order valence-corrected chi connectivity index (χ1v) is 8.91. The quantitative estimate of drug-likeness (QED) is 0.735. The Balaban J connectivity index is 2.11. The fourth-order valence-corrected chi connectivity index (χ4v) is 4.69. The summed E-state index contributed by atoms with van der Waals surface area (Å²) in [6, 6.07) is 3.04. The molecule has 3 amide bonds. The number of amides is 3. The van der Waals surface area contributed by atoms with E-state index < -0.39 is 11.9 Å². The van der Waals surface area contributed by atoms with Crippen molar-refractivity contribution in [3.8, 4) is 0 Å². The third kappa shape index (κ3) is 3.22. The summed E-state index contributed by atoms with van der Waals surface area (Å²) in [4.78, 5) is 24.1. The van der Waals surface area contributed by atoms with Crippen molar-refractivity contribution in [2.75, 3.05) is 5.32 Å². The van der Waals surface area contributed by atoms with Crippen LogP contribution in [0, 0.1) is 0 Å². The van der Waals surface area contributed by atoms with E-state index in [9.17, 15) is 9.59 Å². The number of anilines is 1. The summed E-state index contributed by atoms with van der Waals surface area (Å²) >= 11 is 13.6. The number of fused-ring (bicyclic) bond motifs is 2. The summed E-state index contributed by atoms with van der Waals surface area (Å²) in [5.41, 5.74) is 14.2. The first-order chi connectivity index (χ1) is 11.4. The van der Waals surface area contributed by atoms with Crippen LogP contribution in [0.4, 0.5) is 9.80 Å². The second kappa shape index (κ2) is 6.63. The Hall–Kier alpha value is -1.76. The monoisotopic (exact) mass is 383 g/mol. The highest BCUT2D eigenvalue weighted by atomic mass is 35.5. The van der Waals surface area contributed by atoms with Crippen LogP contribution in [0.2, 0.25) is 10.0 Å². The van der Waals surface area contributed by atoms with Crippen molar-refractivity contribution in [1.29, 1.82) is 0 Å². The number of primary amides is 2. The standard InChI is InChI=1S/C16H15Cl2N3O2S/c17-10-4-7-2-1-3-9-12(6-8(7)5-11(10)18)24-15(21-16(20)23)13(9)14(19)22/h4-5H,1-3,6H2,(H2,19,22)(H3,20,21,23). The smallest absolute Gasteiger partial charge is 0.317 e. The number of carbonyl (C=O) groups excluding carboxylic acids is 2. The van der Waals surface area contributed by atoms with Gasteiger partial charge in [-0.15, -0.1) is 11.3 Å². The molecule has 0 bridgehead atoms. The fourth-order valence-electron chi connectivity index (χ4n) is 3.04. The lowest BCUT2D eigenvalue weighted by atomic mass is 9.91. The molecule has 0 radical (unpaired) electrons. The molecule has 24 heavy (non-hydrogen) atoms. The van der Waals surface area contributed by atoms with E-state index >= 15 is 0 Å². The van der Waals surface area contributed by atoms with Crippen LogP contribution in [0.15, 0.2) is 12.1 Å². The lowest BCUT2D eigenvalue weighted by molar-refractivity contribution is 0.100. The average molecular weight is 384 g/mol. The molecular formula is C16H15Cl2N3O2S. The van der Waals surface area contributed by atoms with Gasteiger partial charge in [0, 0.05) is 11.3 Å². The predicted octanol–water partition coefficient (Wildman–Crippen LogP) is 3.72. The maximum atomic E-state index is 11.9. The van der Waals surface area contributed by atoms with Gasteiger partial charge in [0.15, 0.2) is 0 Å². The van der Waals surface area contributed by atoms with Crippen molar-refractivity contribution in [2.45, 2.75) is 25.7 Å². The predicted molar refractivity (Wildman–Crippen MR) is 97.3 cm³/mol. The molecule has 5 nitrogen and oxygen atoms in total. The lowest BCUT2D eigenvalue weighted by Crippen LogP contribution is -2.22. The highest BCUT2D eigenvalue weighted by Gasteiger charge is 2.25. The van der Waals surface area contributed by atoms with Gasteiger partial charge in [-0.3, -0.25) is 10.1 Å². The molecule has 126 valence electrons. The summed E-state index contributed by atoms with van der Waals surface area (Å²) in [5, 5.41) is 3.95. The van der Waals surface area contributed by atoms with Gasteiger partial charge in [0.2, 0.25) is 0 Å². The molecule has 3 rings (SSSR count). The first-order valence-electron chi connectivity index (χ1n) is 7.34. The van der Waals surface area contributed by atoms with Crippen molar-refractivity contribution in [3.05, 3.63) is 49.3 Å². The molecule has 1 aromatic carbocycles. The number of nitrogens with two attached hydrogens (primary N) is 2. The van der Waals surface area contributed by atoms with Gasteiger partial charge < -0.3 is 11.5 Å². The first kappa shape index (κ1) is 17.1. The zero-order valence-corrected chi connectivity index (χ0v) is 14.9. The zero-order valence-electron chi connectivity index (χ0n) is 12.6. The molecule has 1 heterocycles. The summed E-state index contributed by atoms with van der Waals surface area (Å²) in [7, 11) is 0. The van der Waals surface area contributed by atoms with Gasteiger partial charge >= 0.3 is 6.03 Å². The largest absolute Gasteiger partial charge is 0.365 e. The minimum absolute atomic E-state index is 0.359. The number of carbonyl (C=O) groups is 2. The number of halogens is 2. The van der Waals surface area contributed by atoms with Crippen molar-refractivity contribution < 1.29 is 9.59 Å². The lowest BCUT2D eigenvalue weighted by Gasteiger charge is -2.16. The maximum absolute atomic E-state index is 11.9. The van der Waals surface area contributed by atoms with Crippen LogP contribution >= 0.6 is 34.5 Å². The molecule has 8 heteroatoms. The molecule has 0 saturated carbocycles. The Morgan fingerprint density at radius 3 is 2.38 bits per heavy atom. The molecular weight excluding hydrogens is 369 g/mol. The van der Waals surface area contributed by atoms with Crippen LogP contribution in [0.5, 0.6) is 0 Å². The molecule has 0 aliphatic heterocycles. The summed E-state index contributed by atoms with van der Waals surface area (Å²) in [6.07, 6.45) is 2.97. The summed E-state index contributed by atoms with van der Waals surface area (Å²) < 4.78 is 0. The average Bonchev–Trinajstić information content (AvgIpc) is 2.78. The van der Waals surface area contributed by atoms with E-state index in [-0.39, 0.29) is 0 Å². The minimum Gasteiger partial charge on any atom is -0.365 e. The van der Waals surface area contributed by atoms with Gasteiger partial charge in [0.05, 0.1) is 15.6 Å². The van der Waals surface area contributed by atoms with Crippen molar-refractivity contribution >= 4 is 51.5 Å². The van der Waals surface area contributed by atoms with E-state index in [1.807, 2.05) is 12.1 Å². The third-order valence-corrected chi connectivity index (χ3v) is 5.91. The molecule has 2 aromatic rings. The van der Waals surface area contributed by atoms with Crippen LogP contribution in [0.3, 0.4) is 0 Å². The van der Waals surface area contributed by atoms with E-state index in [1.54, 1.807) is 0 Å². The van der Waals surface area contributed by atoms with E-state index in [2.05, 4.69) is 5.32 Å². The Morgan fingerprint density at radius 2 is 1.75 bits per heavy atom. The van der Waals surface area contributed by atoms with Crippen LogP contribution in [0.25, 0.3) is 0 Å². The Morgan fingerprint density at radius 1 is 1.08 bits per heavy atom. The third-order valence-electron chi connectivity index (χ3n) is 4.04. The topological polar surface area (TPSA) is 98.2 Å². The van der Waals surface area contributed by atoms with Gasteiger partial charge in [-0.05, 0) is 48.1 Å². The maximum Gasteiger partial charge on any atom is 0.317 e. The van der Waals surface area contributed by atoms with Gasteiger partial charge in [0.25, 0.3) is 5.91 Å². The molecule has 1 aliphatic carbocycles. The molecule has 0 fully saturated rings. The minimum atomic E-state index is -0.720. The second-order valence-corrected chi connectivity index (χ2v) is 7.55. The zero-order chi connectivity index (χ0) is 17.4. The number of hydrogen-bond acceptors (Lipinski definition) is 3. The van der Waals surface area contributed by atoms with Crippen molar-refractivity contribution in [3.63, 3.8) is 0 Å². The molecule has 0 spiro atoms. The highest BCUT2D eigenvalue weighted by Crippen LogP contribution is 2.39. The summed E-state index contributed by atoms with van der Waals surface area (Å²) in [6.45, 7) is 0. The molecule has 5 N–H and O–H groups in total. The van der Waals surface area contributed by atoms with E-state index in [0.29, 0.717) is 33.5 Å². The number of benzene rings is 1. The molecule has 1 aliphatic rings. The number of nitrogens with one attached hydrogen (secondary N) is 1. The SMILES string of the molecule is NC(=O)Nc1sc2c(c1C(N)=O)CCCc1cc(Cl)c(Cl)cc1C2. The number of hydrogen-bond donors (Lipinski definition) is 3. The van der Waals surface area contributed by atoms with E-state index in [0.717, 1.165) is 34.4 Å². The number of rotatable bonds is 2. The Bertz CT molecular complexity index is 848. The van der Waals surface area contributed by atoms with Gasteiger partial charge in [-0.2, -0.15) is 0 Å². The molecule has 0 saturated heterocycles. The number of thiophene rings is 1. The van der Waals surface area contributed by atoms with E-state index in [4.69, 9.17) is 34.7 Å². The number of aryl methyl sites for hydroxylation is 1. The van der Waals surface area contributed by atoms with Crippen LogP contribution in [-0.4, -0.2) is 11.9 Å².